The van der Waals surface area contributed by atoms with Crippen LogP contribution in [0.1, 0.15) is 51.4 Å². The molecule has 2 saturated heterocycles. The number of fused-ring (bicyclic) bond motifs is 1. The fourth-order valence-electron chi connectivity index (χ4n) is 6.31. The first-order valence-corrected chi connectivity index (χ1v) is 14.7. The number of hydrogen-bond donors (Lipinski definition) is 3. The zero-order chi connectivity index (χ0) is 30.2. The van der Waals surface area contributed by atoms with Crippen molar-refractivity contribution in [2.24, 2.45) is 11.8 Å². The Balaban J connectivity index is 0.000000446. The summed E-state index contributed by atoms with van der Waals surface area (Å²) in [5, 5.41) is 26.3. The number of imide groups is 1. The molecule has 3 atom stereocenters. The van der Waals surface area contributed by atoms with Crippen LogP contribution in [0.5, 0.6) is 5.75 Å². The number of nitrogens with zero attached hydrogens (tertiary/aromatic N) is 3. The van der Waals surface area contributed by atoms with Crippen LogP contribution in [0.2, 0.25) is 0 Å². The van der Waals surface area contributed by atoms with Crippen LogP contribution in [0.4, 0.5) is 10.1 Å². The summed E-state index contributed by atoms with van der Waals surface area (Å²) in [6.07, 6.45) is 8.58. The zero-order valence-electron chi connectivity index (χ0n) is 23.7. The van der Waals surface area contributed by atoms with Crippen molar-refractivity contribution in [3.63, 3.8) is 0 Å². The summed E-state index contributed by atoms with van der Waals surface area (Å²) >= 11 is 0. The van der Waals surface area contributed by atoms with Crippen LogP contribution in [0, 0.1) is 17.7 Å². The molecular formula is C30H40FN3O8. The van der Waals surface area contributed by atoms with E-state index >= 15 is 0 Å². The number of rotatable bonds is 9. The van der Waals surface area contributed by atoms with E-state index in [4.69, 9.17) is 14.9 Å². The summed E-state index contributed by atoms with van der Waals surface area (Å²) in [5.74, 6) is -2.59. The second kappa shape index (κ2) is 14.6. The summed E-state index contributed by atoms with van der Waals surface area (Å²) in [5.41, 5.74) is 0.794. The maximum absolute atomic E-state index is 14.0. The molecule has 2 aliphatic carbocycles. The van der Waals surface area contributed by atoms with E-state index in [1.165, 1.54) is 23.8 Å². The highest BCUT2D eigenvalue weighted by atomic mass is 19.1. The second-order valence-electron chi connectivity index (χ2n) is 11.4. The summed E-state index contributed by atoms with van der Waals surface area (Å²) in [7, 11) is 0. The van der Waals surface area contributed by atoms with Gasteiger partial charge in [-0.05, 0) is 50.7 Å². The summed E-state index contributed by atoms with van der Waals surface area (Å²) in [4.78, 5) is 50.1. The predicted molar refractivity (Wildman–Crippen MR) is 151 cm³/mol. The number of halogens is 1. The smallest absolute Gasteiger partial charge is 0.328 e. The summed E-state index contributed by atoms with van der Waals surface area (Å²) in [6, 6.07) is 4.75. The molecule has 0 radical (unpaired) electrons. The Bertz CT molecular complexity index is 1120. The monoisotopic (exact) mass is 589 g/mol. The van der Waals surface area contributed by atoms with Crippen molar-refractivity contribution in [3.05, 3.63) is 36.2 Å². The molecule has 3 unspecified atom stereocenters. The molecule has 4 aliphatic rings. The fourth-order valence-corrected chi connectivity index (χ4v) is 6.31. The first-order valence-electron chi connectivity index (χ1n) is 14.7. The molecule has 0 bridgehead atoms. The van der Waals surface area contributed by atoms with Crippen LogP contribution < -0.4 is 9.64 Å². The molecule has 1 aromatic carbocycles. The number of likely N-dealkylation sites (tertiary alicyclic amines) is 1. The van der Waals surface area contributed by atoms with Gasteiger partial charge in [0.1, 0.15) is 11.6 Å². The van der Waals surface area contributed by atoms with Crippen molar-refractivity contribution in [2.45, 2.75) is 63.6 Å². The number of carbonyl (C=O) groups excluding carboxylic acids is 2. The van der Waals surface area contributed by atoms with E-state index in [0.29, 0.717) is 44.9 Å². The molecule has 42 heavy (non-hydrogen) atoms. The Labute approximate surface area is 244 Å². The van der Waals surface area contributed by atoms with Crippen molar-refractivity contribution in [3.8, 4) is 5.75 Å². The second-order valence-corrected chi connectivity index (χ2v) is 11.4. The van der Waals surface area contributed by atoms with Crippen LogP contribution in [-0.4, -0.2) is 100 Å². The van der Waals surface area contributed by atoms with Gasteiger partial charge in [-0.25, -0.2) is 14.0 Å². The number of ether oxygens (including phenoxy) is 1. The van der Waals surface area contributed by atoms with Gasteiger partial charge in [-0.3, -0.25) is 19.4 Å². The molecule has 0 aromatic heterocycles. The lowest BCUT2D eigenvalue weighted by Gasteiger charge is -2.38. The third kappa shape index (κ3) is 8.28. The summed E-state index contributed by atoms with van der Waals surface area (Å²) < 4.78 is 20.3. The van der Waals surface area contributed by atoms with Crippen molar-refractivity contribution < 1.29 is 43.6 Å². The average Bonchev–Trinajstić information content (AvgIpc) is 3.56. The standard InChI is InChI=1S/C26H36FN3O4.C4H4O4/c27-18-9-10-24(34-20-5-1-2-6-20)23(15-18)29-13-11-28(12-14-29)16-19(31)17-30-25(32)21-7-3-4-8-22(21)26(30)33;5-3(6)1-2-4(7)8/h9-10,15,19-22,31H,1-8,11-14,16-17H2;1-2H,(H,5,6)(H,7,8)/b;2-1-. The first kappa shape index (κ1) is 31.4. The van der Waals surface area contributed by atoms with Gasteiger partial charge in [0.25, 0.3) is 0 Å². The van der Waals surface area contributed by atoms with Gasteiger partial charge in [0.05, 0.1) is 36.3 Å². The molecule has 5 rings (SSSR count). The molecule has 230 valence electrons. The molecule has 3 N–H and O–H groups in total. The molecule has 2 aliphatic heterocycles. The van der Waals surface area contributed by atoms with Crippen molar-refractivity contribution in [1.82, 2.24) is 9.80 Å². The maximum atomic E-state index is 14.0. The topological polar surface area (TPSA) is 148 Å². The number of aliphatic hydroxyl groups is 1. The van der Waals surface area contributed by atoms with Crippen LogP contribution >= 0.6 is 0 Å². The highest BCUT2D eigenvalue weighted by molar-refractivity contribution is 6.05. The Morgan fingerprint density at radius 1 is 0.881 bits per heavy atom. The number of hydrogen-bond acceptors (Lipinski definition) is 8. The Hall–Kier alpha value is -3.51. The molecule has 1 aromatic rings. The SMILES string of the molecule is O=C(O)/C=C\C(=O)O.O=C1C2CCCCC2C(=O)N1CC(O)CN1CCN(c2cc(F)ccc2OC2CCCC2)CC1. The highest BCUT2D eigenvalue weighted by Crippen LogP contribution is 2.38. The quantitative estimate of drug-likeness (QED) is 0.290. The molecular weight excluding hydrogens is 549 g/mol. The van der Waals surface area contributed by atoms with E-state index in [0.717, 1.165) is 50.0 Å². The van der Waals surface area contributed by atoms with Gasteiger partial charge in [0.15, 0.2) is 0 Å². The molecule has 4 fully saturated rings. The molecule has 2 saturated carbocycles. The number of carbonyl (C=O) groups is 4. The van der Waals surface area contributed by atoms with Crippen molar-refractivity contribution >= 4 is 29.4 Å². The number of aliphatic hydroxyl groups excluding tert-OH is 1. The number of aliphatic carboxylic acids is 2. The van der Waals surface area contributed by atoms with E-state index < -0.39 is 18.0 Å². The minimum absolute atomic E-state index is 0.0775. The number of piperazine rings is 1. The number of β-amino-alcohol motifs (C(OH)–C–C–N with tert-alkyl or cyclic N) is 1. The van der Waals surface area contributed by atoms with Crippen LogP contribution in [0.25, 0.3) is 0 Å². The maximum Gasteiger partial charge on any atom is 0.328 e. The van der Waals surface area contributed by atoms with Crippen LogP contribution in [0.15, 0.2) is 30.4 Å². The lowest BCUT2D eigenvalue weighted by Crippen LogP contribution is -2.50. The highest BCUT2D eigenvalue weighted by Gasteiger charge is 2.48. The van der Waals surface area contributed by atoms with E-state index in [9.17, 15) is 28.7 Å². The van der Waals surface area contributed by atoms with Gasteiger partial charge in [-0.1, -0.05) is 12.8 Å². The number of carboxylic acid groups (broad SMARTS) is 2. The van der Waals surface area contributed by atoms with Gasteiger partial charge in [-0.15, -0.1) is 0 Å². The molecule has 0 spiro atoms. The normalized spacial score (nSPS) is 24.0. The van der Waals surface area contributed by atoms with E-state index in [1.54, 1.807) is 12.1 Å². The number of carboxylic acids is 2. The zero-order valence-corrected chi connectivity index (χ0v) is 23.7. The lowest BCUT2D eigenvalue weighted by atomic mass is 9.81. The van der Waals surface area contributed by atoms with Gasteiger partial charge in [0.2, 0.25) is 11.8 Å². The number of anilines is 1. The molecule has 11 nitrogen and oxygen atoms in total. The van der Waals surface area contributed by atoms with E-state index in [-0.39, 0.29) is 42.1 Å². The lowest BCUT2D eigenvalue weighted by molar-refractivity contribution is -0.142. The van der Waals surface area contributed by atoms with Crippen LogP contribution in [0.3, 0.4) is 0 Å². The first-order chi connectivity index (χ1) is 20.1. The third-order valence-corrected chi connectivity index (χ3v) is 8.39. The third-order valence-electron chi connectivity index (χ3n) is 8.39. The Morgan fingerprint density at radius 3 is 1.98 bits per heavy atom. The largest absolute Gasteiger partial charge is 0.488 e. The number of benzene rings is 1. The molecule has 12 heteroatoms. The van der Waals surface area contributed by atoms with Crippen molar-refractivity contribution in [2.75, 3.05) is 44.2 Å². The Kier molecular flexibility index (Phi) is 10.9. The minimum atomic E-state index is -1.26. The predicted octanol–water partition coefficient (Wildman–Crippen LogP) is 2.52. The van der Waals surface area contributed by atoms with Crippen molar-refractivity contribution in [1.29, 1.82) is 0 Å². The summed E-state index contributed by atoms with van der Waals surface area (Å²) in [6.45, 7) is 3.31. The van der Waals surface area contributed by atoms with Gasteiger partial charge >= 0.3 is 11.9 Å². The average molecular weight is 590 g/mol. The minimum Gasteiger partial charge on any atom is -0.488 e. The fraction of sp³-hybridized carbons (Fsp3) is 0.600. The van der Waals surface area contributed by atoms with Gasteiger partial charge in [0, 0.05) is 50.9 Å². The Morgan fingerprint density at radius 2 is 1.43 bits per heavy atom. The molecule has 2 amide bonds. The molecule has 2 heterocycles. The van der Waals surface area contributed by atoms with Crippen LogP contribution in [-0.2, 0) is 19.2 Å². The van der Waals surface area contributed by atoms with Gasteiger partial charge in [-0.2, -0.15) is 0 Å². The van der Waals surface area contributed by atoms with E-state index in [2.05, 4.69) is 9.80 Å². The van der Waals surface area contributed by atoms with E-state index in [1.807, 2.05) is 0 Å². The van der Waals surface area contributed by atoms with Gasteiger partial charge < -0.3 is 25.0 Å². The number of amides is 2.